The molecule has 0 saturated carbocycles. The van der Waals surface area contributed by atoms with Crippen LogP contribution < -0.4 is 15.5 Å². The van der Waals surface area contributed by atoms with Gasteiger partial charge in [-0.15, -0.1) is 0 Å². The largest absolute Gasteiger partial charge is 0.347 e. The van der Waals surface area contributed by atoms with Gasteiger partial charge in [0, 0.05) is 16.2 Å². The van der Waals surface area contributed by atoms with Crippen LogP contribution in [-0.2, 0) is 9.59 Å². The molecule has 1 aromatic carbocycles. The van der Waals surface area contributed by atoms with Gasteiger partial charge in [0.2, 0.25) is 0 Å². The van der Waals surface area contributed by atoms with Crippen molar-refractivity contribution in [2.75, 3.05) is 25.5 Å². The minimum Gasteiger partial charge on any atom is -0.347 e. The number of carbonyl (C=O) groups excluding carboxylic acids is 2. The molecular formula is C16H25ClN3O2+. The number of halogens is 1. The SMILES string of the molecule is Cc1cc(Cl)ccc1NC(=O)C[NH+](C)CC(=O)NC(C)(C)C. The molecular weight excluding hydrogens is 302 g/mol. The van der Waals surface area contributed by atoms with Gasteiger partial charge >= 0.3 is 0 Å². The van der Waals surface area contributed by atoms with Crippen LogP contribution in [0.25, 0.3) is 0 Å². The Kier molecular flexibility index (Phi) is 6.38. The third-order valence-electron chi connectivity index (χ3n) is 2.90. The summed E-state index contributed by atoms with van der Waals surface area (Å²) in [5, 5.41) is 6.36. The van der Waals surface area contributed by atoms with Crippen LogP contribution in [0.2, 0.25) is 5.02 Å². The van der Waals surface area contributed by atoms with Crippen molar-refractivity contribution in [2.24, 2.45) is 0 Å². The first kappa shape index (κ1) is 18.5. The van der Waals surface area contributed by atoms with Gasteiger partial charge in [0.1, 0.15) is 0 Å². The second-order valence-corrected chi connectivity index (χ2v) is 7.05. The van der Waals surface area contributed by atoms with E-state index in [1.807, 2.05) is 34.7 Å². The highest BCUT2D eigenvalue weighted by Crippen LogP contribution is 2.19. The molecule has 0 radical (unpaired) electrons. The van der Waals surface area contributed by atoms with Crippen LogP contribution in [0.3, 0.4) is 0 Å². The number of quaternary nitrogens is 1. The Morgan fingerprint density at radius 2 is 1.77 bits per heavy atom. The lowest BCUT2D eigenvalue weighted by Gasteiger charge is -2.21. The van der Waals surface area contributed by atoms with Gasteiger partial charge in [0.05, 0.1) is 7.05 Å². The zero-order chi connectivity index (χ0) is 16.9. The summed E-state index contributed by atoms with van der Waals surface area (Å²) >= 11 is 5.89. The molecule has 0 saturated heterocycles. The quantitative estimate of drug-likeness (QED) is 0.756. The minimum absolute atomic E-state index is 0.0690. The van der Waals surface area contributed by atoms with Crippen molar-refractivity contribution >= 4 is 29.1 Å². The molecule has 122 valence electrons. The fraction of sp³-hybridized carbons (Fsp3) is 0.500. The number of hydrogen-bond donors (Lipinski definition) is 3. The number of hydrogen-bond acceptors (Lipinski definition) is 2. The molecule has 5 nitrogen and oxygen atoms in total. The summed E-state index contributed by atoms with van der Waals surface area (Å²) in [7, 11) is 1.82. The molecule has 2 amide bonds. The van der Waals surface area contributed by atoms with E-state index >= 15 is 0 Å². The van der Waals surface area contributed by atoms with Gasteiger partial charge in [-0.2, -0.15) is 0 Å². The van der Waals surface area contributed by atoms with Gasteiger partial charge in [-0.25, -0.2) is 0 Å². The highest BCUT2D eigenvalue weighted by molar-refractivity contribution is 6.30. The van der Waals surface area contributed by atoms with Gasteiger partial charge < -0.3 is 15.5 Å². The third-order valence-corrected chi connectivity index (χ3v) is 3.14. The summed E-state index contributed by atoms with van der Waals surface area (Å²) in [6, 6.07) is 5.30. The molecule has 1 rings (SSSR count). The summed E-state index contributed by atoms with van der Waals surface area (Å²) in [6.07, 6.45) is 0. The number of likely N-dealkylation sites (N-methyl/N-ethyl adjacent to an activating group) is 1. The zero-order valence-corrected chi connectivity index (χ0v) is 14.6. The van der Waals surface area contributed by atoms with Crippen LogP contribution in [0.4, 0.5) is 5.69 Å². The fourth-order valence-electron chi connectivity index (χ4n) is 2.03. The molecule has 0 aliphatic carbocycles. The monoisotopic (exact) mass is 326 g/mol. The number of anilines is 1. The van der Waals surface area contributed by atoms with Crippen LogP contribution in [0, 0.1) is 6.92 Å². The Hall–Kier alpha value is -1.59. The van der Waals surface area contributed by atoms with Crippen LogP contribution in [0.5, 0.6) is 0 Å². The first-order chi connectivity index (χ1) is 10.1. The Bertz CT molecular complexity index is 553. The Morgan fingerprint density at radius 3 is 2.32 bits per heavy atom. The molecule has 6 heteroatoms. The second-order valence-electron chi connectivity index (χ2n) is 6.62. The smallest absolute Gasteiger partial charge is 0.279 e. The number of benzene rings is 1. The molecule has 22 heavy (non-hydrogen) atoms. The number of aryl methyl sites for hydroxylation is 1. The van der Waals surface area contributed by atoms with Gasteiger partial charge in [0.15, 0.2) is 13.1 Å². The first-order valence-electron chi connectivity index (χ1n) is 7.25. The molecule has 0 aliphatic heterocycles. The van der Waals surface area contributed by atoms with E-state index in [0.717, 1.165) is 16.2 Å². The van der Waals surface area contributed by atoms with Crippen molar-refractivity contribution < 1.29 is 14.5 Å². The molecule has 0 spiro atoms. The summed E-state index contributed by atoms with van der Waals surface area (Å²) < 4.78 is 0. The average molecular weight is 327 g/mol. The van der Waals surface area contributed by atoms with E-state index < -0.39 is 0 Å². The predicted molar refractivity (Wildman–Crippen MR) is 89.3 cm³/mol. The lowest BCUT2D eigenvalue weighted by Crippen LogP contribution is -3.11. The van der Waals surface area contributed by atoms with Gasteiger partial charge in [0.25, 0.3) is 11.8 Å². The molecule has 1 unspecified atom stereocenters. The summed E-state index contributed by atoms with van der Waals surface area (Å²) in [4.78, 5) is 24.7. The van der Waals surface area contributed by atoms with Crippen LogP contribution >= 0.6 is 11.6 Å². The van der Waals surface area contributed by atoms with Crippen LogP contribution in [0.1, 0.15) is 26.3 Å². The van der Waals surface area contributed by atoms with E-state index in [2.05, 4.69) is 10.6 Å². The number of nitrogens with one attached hydrogen (secondary N) is 3. The Morgan fingerprint density at radius 1 is 1.18 bits per heavy atom. The molecule has 3 N–H and O–H groups in total. The zero-order valence-electron chi connectivity index (χ0n) is 13.8. The Labute approximate surface area is 137 Å². The highest BCUT2D eigenvalue weighted by atomic mass is 35.5. The normalized spacial score (nSPS) is 12.6. The van der Waals surface area contributed by atoms with Crippen molar-refractivity contribution in [1.82, 2.24) is 5.32 Å². The average Bonchev–Trinajstić information content (AvgIpc) is 2.29. The lowest BCUT2D eigenvalue weighted by atomic mass is 10.1. The topological polar surface area (TPSA) is 62.6 Å². The van der Waals surface area contributed by atoms with E-state index in [9.17, 15) is 9.59 Å². The van der Waals surface area contributed by atoms with Crippen molar-refractivity contribution in [1.29, 1.82) is 0 Å². The standard InChI is InChI=1S/C16H24ClN3O2/c1-11-8-12(17)6-7-13(11)18-14(21)9-20(5)10-15(22)19-16(2,3)4/h6-8H,9-10H2,1-5H3,(H,18,21)(H,19,22)/p+1. The lowest BCUT2D eigenvalue weighted by molar-refractivity contribution is -0.862. The molecule has 0 fully saturated rings. The molecule has 0 heterocycles. The number of carbonyl (C=O) groups is 2. The van der Waals surface area contributed by atoms with E-state index in [0.29, 0.717) is 5.02 Å². The van der Waals surface area contributed by atoms with Gasteiger partial charge in [-0.05, 0) is 51.5 Å². The van der Waals surface area contributed by atoms with Gasteiger partial charge in [-0.1, -0.05) is 11.6 Å². The van der Waals surface area contributed by atoms with E-state index in [1.165, 1.54) is 0 Å². The van der Waals surface area contributed by atoms with Crippen LogP contribution in [0.15, 0.2) is 18.2 Å². The van der Waals surface area contributed by atoms with Crippen LogP contribution in [-0.4, -0.2) is 37.5 Å². The van der Waals surface area contributed by atoms with E-state index in [-0.39, 0.29) is 30.4 Å². The fourth-order valence-corrected chi connectivity index (χ4v) is 2.26. The van der Waals surface area contributed by atoms with E-state index in [4.69, 9.17) is 11.6 Å². The summed E-state index contributed by atoms with van der Waals surface area (Å²) in [5.74, 6) is -0.202. The number of rotatable bonds is 5. The molecule has 0 aliphatic rings. The molecule has 0 bridgehead atoms. The third kappa shape index (κ3) is 6.91. The molecule has 1 atom stereocenters. The second kappa shape index (κ2) is 7.61. The first-order valence-corrected chi connectivity index (χ1v) is 7.63. The predicted octanol–water partition coefficient (Wildman–Crippen LogP) is 1.02. The van der Waals surface area contributed by atoms with E-state index in [1.54, 1.807) is 18.2 Å². The molecule has 0 aromatic heterocycles. The van der Waals surface area contributed by atoms with Crippen molar-refractivity contribution in [3.05, 3.63) is 28.8 Å². The summed E-state index contributed by atoms with van der Waals surface area (Å²) in [6.45, 7) is 8.14. The highest BCUT2D eigenvalue weighted by Gasteiger charge is 2.19. The summed E-state index contributed by atoms with van der Waals surface area (Å²) in [5.41, 5.74) is 1.38. The number of amides is 2. The maximum atomic E-state index is 12.0. The van der Waals surface area contributed by atoms with Crippen molar-refractivity contribution in [3.63, 3.8) is 0 Å². The van der Waals surface area contributed by atoms with Crippen molar-refractivity contribution in [3.8, 4) is 0 Å². The van der Waals surface area contributed by atoms with Crippen molar-refractivity contribution in [2.45, 2.75) is 33.2 Å². The van der Waals surface area contributed by atoms with Gasteiger partial charge in [-0.3, -0.25) is 9.59 Å². The molecule has 1 aromatic rings. The Balaban J connectivity index is 2.49. The minimum atomic E-state index is -0.264. The maximum Gasteiger partial charge on any atom is 0.279 e. The maximum absolute atomic E-state index is 12.0.